The first-order valence-electron chi connectivity index (χ1n) is 5.19. The van der Waals surface area contributed by atoms with Crippen molar-refractivity contribution < 1.29 is 14.3 Å². The molecule has 0 radical (unpaired) electrons. The summed E-state index contributed by atoms with van der Waals surface area (Å²) in [5.41, 5.74) is 1.37. The Labute approximate surface area is 103 Å². The summed E-state index contributed by atoms with van der Waals surface area (Å²) in [7, 11) is 1.76. The van der Waals surface area contributed by atoms with Crippen LogP contribution in [-0.2, 0) is 0 Å². The summed E-state index contributed by atoms with van der Waals surface area (Å²) >= 11 is 0. The third-order valence-electron chi connectivity index (χ3n) is 2.52. The lowest BCUT2D eigenvalue weighted by atomic mass is 10.2. The van der Waals surface area contributed by atoms with Crippen molar-refractivity contribution in [1.29, 1.82) is 5.26 Å². The fraction of sp³-hybridized carbons (Fsp3) is 0.0769. The van der Waals surface area contributed by atoms with E-state index in [9.17, 15) is 4.79 Å². The topological polar surface area (TPSA) is 77.5 Å². The Morgan fingerprint density at radius 2 is 1.94 bits per heavy atom. The van der Waals surface area contributed by atoms with Gasteiger partial charge in [-0.25, -0.2) is 4.79 Å². The second-order valence-electron chi connectivity index (χ2n) is 3.66. The zero-order valence-corrected chi connectivity index (χ0v) is 9.62. The minimum absolute atomic E-state index is 0.106. The van der Waals surface area contributed by atoms with E-state index in [-0.39, 0.29) is 5.76 Å². The van der Waals surface area contributed by atoms with E-state index in [0.29, 0.717) is 11.4 Å². The van der Waals surface area contributed by atoms with Gasteiger partial charge in [0.25, 0.3) is 0 Å². The first-order valence-corrected chi connectivity index (χ1v) is 5.19. The number of carboxylic acid groups (broad SMARTS) is 1. The number of benzene rings is 1. The van der Waals surface area contributed by atoms with Gasteiger partial charge in [-0.2, -0.15) is 5.26 Å². The maximum absolute atomic E-state index is 10.7. The summed E-state index contributed by atoms with van der Waals surface area (Å²) in [5, 5.41) is 17.5. The zero-order valence-electron chi connectivity index (χ0n) is 9.62. The standard InChI is InChI=1S/C13H10N2O3/c1-15(10-4-2-9(8-14)3-5-10)12-7-6-11(18-12)13(16)17/h2-7H,1H3,(H,16,17). The zero-order chi connectivity index (χ0) is 13.1. The van der Waals surface area contributed by atoms with Crippen LogP contribution in [0.2, 0.25) is 0 Å². The number of anilines is 2. The molecule has 2 rings (SSSR count). The Morgan fingerprint density at radius 1 is 1.28 bits per heavy atom. The van der Waals surface area contributed by atoms with E-state index in [0.717, 1.165) is 5.69 Å². The van der Waals surface area contributed by atoms with Crippen LogP contribution in [0.15, 0.2) is 40.8 Å². The van der Waals surface area contributed by atoms with E-state index in [2.05, 4.69) is 0 Å². The molecule has 0 saturated heterocycles. The second-order valence-corrected chi connectivity index (χ2v) is 3.66. The number of nitrogens with zero attached hydrogens (tertiary/aromatic N) is 2. The van der Waals surface area contributed by atoms with E-state index in [1.807, 2.05) is 6.07 Å². The van der Waals surface area contributed by atoms with Crippen LogP contribution in [0.25, 0.3) is 0 Å². The summed E-state index contributed by atoms with van der Waals surface area (Å²) in [6.07, 6.45) is 0. The molecule has 5 heteroatoms. The van der Waals surface area contributed by atoms with E-state index in [1.54, 1.807) is 42.3 Å². The number of aromatic carboxylic acids is 1. The van der Waals surface area contributed by atoms with Crippen LogP contribution in [0.4, 0.5) is 11.6 Å². The third-order valence-corrected chi connectivity index (χ3v) is 2.52. The smallest absolute Gasteiger partial charge is 0.371 e. The molecule has 1 heterocycles. The summed E-state index contributed by atoms with van der Waals surface area (Å²) < 4.78 is 5.18. The first-order chi connectivity index (χ1) is 8.61. The SMILES string of the molecule is CN(c1ccc(C#N)cc1)c1ccc(C(=O)O)o1. The lowest BCUT2D eigenvalue weighted by molar-refractivity contribution is 0.0663. The molecule has 5 nitrogen and oxygen atoms in total. The molecule has 0 fully saturated rings. The van der Waals surface area contributed by atoms with Gasteiger partial charge in [0.1, 0.15) is 0 Å². The summed E-state index contributed by atoms with van der Waals surface area (Å²) in [6, 6.07) is 11.9. The van der Waals surface area contributed by atoms with Crippen molar-refractivity contribution in [2.45, 2.75) is 0 Å². The predicted molar refractivity (Wildman–Crippen MR) is 64.9 cm³/mol. The molecule has 90 valence electrons. The number of nitriles is 1. The molecule has 0 aliphatic carbocycles. The summed E-state index contributed by atoms with van der Waals surface area (Å²) in [5.74, 6) is -0.780. The van der Waals surface area contributed by atoms with E-state index >= 15 is 0 Å². The maximum atomic E-state index is 10.7. The quantitative estimate of drug-likeness (QED) is 0.895. The largest absolute Gasteiger partial charge is 0.475 e. The number of rotatable bonds is 3. The highest BCUT2D eigenvalue weighted by Crippen LogP contribution is 2.25. The number of carbonyl (C=O) groups is 1. The summed E-state index contributed by atoms with van der Waals surface area (Å²) in [6.45, 7) is 0. The molecular formula is C13H10N2O3. The Balaban J connectivity index is 2.26. The minimum atomic E-state index is -1.10. The lowest BCUT2D eigenvalue weighted by Crippen LogP contribution is -2.08. The van der Waals surface area contributed by atoms with Gasteiger partial charge in [0.2, 0.25) is 11.6 Å². The molecule has 1 aromatic carbocycles. The van der Waals surface area contributed by atoms with Crippen LogP contribution in [0.3, 0.4) is 0 Å². The van der Waals surface area contributed by atoms with Gasteiger partial charge in [0.05, 0.1) is 11.6 Å². The monoisotopic (exact) mass is 242 g/mol. The second kappa shape index (κ2) is 4.63. The number of furan rings is 1. The van der Waals surface area contributed by atoms with Gasteiger partial charge in [0, 0.05) is 18.8 Å². The van der Waals surface area contributed by atoms with Crippen molar-refractivity contribution in [3.05, 3.63) is 47.7 Å². The molecule has 18 heavy (non-hydrogen) atoms. The fourth-order valence-corrected chi connectivity index (χ4v) is 1.51. The van der Waals surface area contributed by atoms with Crippen molar-refractivity contribution in [3.8, 4) is 6.07 Å². The van der Waals surface area contributed by atoms with E-state index in [4.69, 9.17) is 14.8 Å². The molecule has 1 aromatic heterocycles. The summed E-state index contributed by atoms with van der Waals surface area (Å²) in [4.78, 5) is 12.4. The van der Waals surface area contributed by atoms with Crippen molar-refractivity contribution >= 4 is 17.5 Å². The molecule has 0 bridgehead atoms. The van der Waals surface area contributed by atoms with Gasteiger partial charge in [-0.1, -0.05) is 0 Å². The Hall–Kier alpha value is -2.74. The molecule has 0 aliphatic rings. The molecule has 0 spiro atoms. The van der Waals surface area contributed by atoms with Gasteiger partial charge < -0.3 is 14.4 Å². The third kappa shape index (κ3) is 2.18. The van der Waals surface area contributed by atoms with Crippen LogP contribution in [0, 0.1) is 11.3 Å². The molecule has 0 aliphatic heterocycles. The van der Waals surface area contributed by atoms with Crippen LogP contribution in [0.5, 0.6) is 0 Å². The highest BCUT2D eigenvalue weighted by Gasteiger charge is 2.12. The molecule has 0 atom stereocenters. The average molecular weight is 242 g/mol. The van der Waals surface area contributed by atoms with Crippen molar-refractivity contribution in [2.75, 3.05) is 11.9 Å². The highest BCUT2D eigenvalue weighted by atomic mass is 16.4. The van der Waals surface area contributed by atoms with Gasteiger partial charge in [-0.05, 0) is 30.3 Å². The average Bonchev–Trinajstić information content (AvgIpc) is 2.88. The predicted octanol–water partition coefficient (Wildman–Crippen LogP) is 2.62. The van der Waals surface area contributed by atoms with E-state index in [1.165, 1.54) is 6.07 Å². The van der Waals surface area contributed by atoms with Gasteiger partial charge in [-0.3, -0.25) is 0 Å². The first kappa shape index (κ1) is 11.7. The lowest BCUT2D eigenvalue weighted by Gasteiger charge is -2.15. The van der Waals surface area contributed by atoms with Crippen molar-refractivity contribution in [2.24, 2.45) is 0 Å². The highest BCUT2D eigenvalue weighted by molar-refractivity contribution is 5.85. The molecule has 0 unspecified atom stereocenters. The Kier molecular flexibility index (Phi) is 3.02. The fourth-order valence-electron chi connectivity index (χ4n) is 1.51. The van der Waals surface area contributed by atoms with Crippen LogP contribution in [0.1, 0.15) is 16.1 Å². The van der Waals surface area contributed by atoms with Crippen LogP contribution in [-0.4, -0.2) is 18.1 Å². The molecule has 0 amide bonds. The van der Waals surface area contributed by atoms with Crippen molar-refractivity contribution in [1.82, 2.24) is 0 Å². The van der Waals surface area contributed by atoms with Gasteiger partial charge in [0.15, 0.2) is 0 Å². The Morgan fingerprint density at radius 3 is 2.44 bits per heavy atom. The molecule has 1 N–H and O–H groups in total. The van der Waals surface area contributed by atoms with Crippen LogP contribution < -0.4 is 4.90 Å². The van der Waals surface area contributed by atoms with Crippen LogP contribution >= 0.6 is 0 Å². The molecule has 0 saturated carbocycles. The maximum Gasteiger partial charge on any atom is 0.371 e. The molecule has 2 aromatic rings. The van der Waals surface area contributed by atoms with E-state index < -0.39 is 5.97 Å². The van der Waals surface area contributed by atoms with Crippen molar-refractivity contribution in [3.63, 3.8) is 0 Å². The normalized spacial score (nSPS) is 9.78. The number of hydrogen-bond donors (Lipinski definition) is 1. The molecular weight excluding hydrogens is 232 g/mol. The number of carboxylic acids is 1. The van der Waals surface area contributed by atoms with Gasteiger partial charge >= 0.3 is 5.97 Å². The minimum Gasteiger partial charge on any atom is -0.475 e. The number of hydrogen-bond acceptors (Lipinski definition) is 4. The Bertz CT molecular complexity index is 608. The van der Waals surface area contributed by atoms with Gasteiger partial charge in [-0.15, -0.1) is 0 Å².